The van der Waals surface area contributed by atoms with Gasteiger partial charge in [-0.1, -0.05) is 0 Å². The maximum Gasteiger partial charge on any atom is 0.289 e. The Morgan fingerprint density at radius 1 is 1.60 bits per heavy atom. The lowest BCUT2D eigenvalue weighted by molar-refractivity contribution is 0.0298. The second-order valence-corrected chi connectivity index (χ2v) is 4.11. The Morgan fingerprint density at radius 3 is 2.67 bits per heavy atom. The quantitative estimate of drug-likeness (QED) is 0.821. The second kappa shape index (κ2) is 4.49. The maximum absolute atomic E-state index is 11.8. The molecule has 0 atom stereocenters. The molecule has 1 aromatic heterocycles. The Morgan fingerprint density at radius 2 is 2.27 bits per heavy atom. The molecule has 1 heterocycles. The van der Waals surface area contributed by atoms with E-state index in [1.807, 2.05) is 6.92 Å². The summed E-state index contributed by atoms with van der Waals surface area (Å²) in [5, 5.41) is 9.64. The van der Waals surface area contributed by atoms with Crippen LogP contribution in [0, 0.1) is 0 Å². The standard InChI is InChI=1S/C11H17NO3/c1-4-12(8-11(2,3)14)10(13)9-6-5-7-15-9/h5-7,14H,4,8H2,1-3H3. The largest absolute Gasteiger partial charge is 0.459 e. The number of carbonyl (C=O) groups is 1. The smallest absolute Gasteiger partial charge is 0.289 e. The van der Waals surface area contributed by atoms with E-state index in [9.17, 15) is 9.90 Å². The minimum Gasteiger partial charge on any atom is -0.459 e. The number of amides is 1. The van der Waals surface area contributed by atoms with Crippen molar-refractivity contribution in [3.63, 3.8) is 0 Å². The fourth-order valence-electron chi connectivity index (χ4n) is 1.35. The lowest BCUT2D eigenvalue weighted by Gasteiger charge is -2.27. The molecule has 1 aromatic rings. The molecule has 0 radical (unpaired) electrons. The van der Waals surface area contributed by atoms with Gasteiger partial charge in [0, 0.05) is 13.1 Å². The van der Waals surface area contributed by atoms with Crippen molar-refractivity contribution in [2.45, 2.75) is 26.4 Å². The lowest BCUT2D eigenvalue weighted by Crippen LogP contribution is -2.42. The zero-order chi connectivity index (χ0) is 11.5. The summed E-state index contributed by atoms with van der Waals surface area (Å²) < 4.78 is 5.02. The highest BCUT2D eigenvalue weighted by atomic mass is 16.3. The molecule has 0 bridgehead atoms. The van der Waals surface area contributed by atoms with Gasteiger partial charge in [0.15, 0.2) is 5.76 Å². The fraction of sp³-hybridized carbons (Fsp3) is 0.545. The maximum atomic E-state index is 11.8. The van der Waals surface area contributed by atoms with Crippen molar-refractivity contribution < 1.29 is 14.3 Å². The summed E-state index contributed by atoms with van der Waals surface area (Å²) >= 11 is 0. The first-order valence-electron chi connectivity index (χ1n) is 4.99. The molecule has 0 aliphatic carbocycles. The van der Waals surface area contributed by atoms with Gasteiger partial charge in [-0.3, -0.25) is 4.79 Å². The van der Waals surface area contributed by atoms with Gasteiger partial charge in [-0.05, 0) is 32.9 Å². The molecule has 0 aromatic carbocycles. The molecule has 0 fully saturated rings. The summed E-state index contributed by atoms with van der Waals surface area (Å²) in [7, 11) is 0. The number of aliphatic hydroxyl groups is 1. The second-order valence-electron chi connectivity index (χ2n) is 4.11. The molecule has 84 valence electrons. The van der Waals surface area contributed by atoms with E-state index in [0.717, 1.165) is 0 Å². The van der Waals surface area contributed by atoms with Gasteiger partial charge in [0.2, 0.25) is 0 Å². The van der Waals surface area contributed by atoms with Crippen LogP contribution >= 0.6 is 0 Å². The average molecular weight is 211 g/mol. The van der Waals surface area contributed by atoms with Crippen LogP contribution in [0.4, 0.5) is 0 Å². The van der Waals surface area contributed by atoms with Crippen LogP contribution in [-0.4, -0.2) is 34.6 Å². The van der Waals surface area contributed by atoms with E-state index >= 15 is 0 Å². The highest BCUT2D eigenvalue weighted by Crippen LogP contribution is 2.10. The third kappa shape index (κ3) is 3.40. The third-order valence-electron chi connectivity index (χ3n) is 1.98. The molecule has 0 saturated carbocycles. The normalized spacial score (nSPS) is 11.5. The molecule has 0 unspecified atom stereocenters. The summed E-state index contributed by atoms with van der Waals surface area (Å²) in [6.45, 7) is 6.05. The molecule has 0 aliphatic rings. The van der Waals surface area contributed by atoms with Crippen LogP contribution < -0.4 is 0 Å². The van der Waals surface area contributed by atoms with Gasteiger partial charge < -0.3 is 14.4 Å². The zero-order valence-corrected chi connectivity index (χ0v) is 9.36. The molecular formula is C11H17NO3. The zero-order valence-electron chi connectivity index (χ0n) is 9.36. The number of hydrogen-bond donors (Lipinski definition) is 1. The third-order valence-corrected chi connectivity index (χ3v) is 1.98. The van der Waals surface area contributed by atoms with E-state index < -0.39 is 5.60 Å². The van der Waals surface area contributed by atoms with E-state index in [1.54, 1.807) is 30.9 Å². The van der Waals surface area contributed by atoms with Crippen molar-refractivity contribution in [3.8, 4) is 0 Å². The number of rotatable bonds is 4. The Kier molecular flexibility index (Phi) is 3.52. The summed E-state index contributed by atoms with van der Waals surface area (Å²) in [4.78, 5) is 13.4. The molecule has 4 nitrogen and oxygen atoms in total. The number of hydrogen-bond acceptors (Lipinski definition) is 3. The van der Waals surface area contributed by atoms with Crippen molar-refractivity contribution in [2.24, 2.45) is 0 Å². The van der Waals surface area contributed by atoms with E-state index in [4.69, 9.17) is 4.42 Å². The summed E-state index contributed by atoms with van der Waals surface area (Å²) in [6.07, 6.45) is 1.46. The van der Waals surface area contributed by atoms with Gasteiger partial charge in [0.25, 0.3) is 5.91 Å². The van der Waals surface area contributed by atoms with Crippen molar-refractivity contribution in [3.05, 3.63) is 24.2 Å². The van der Waals surface area contributed by atoms with E-state index in [-0.39, 0.29) is 5.91 Å². The minimum atomic E-state index is -0.891. The Balaban J connectivity index is 2.72. The molecule has 1 rings (SSSR count). The first-order chi connectivity index (χ1) is 6.94. The SMILES string of the molecule is CCN(CC(C)(C)O)C(=O)c1ccco1. The molecule has 1 N–H and O–H groups in total. The van der Waals surface area contributed by atoms with Gasteiger partial charge in [-0.15, -0.1) is 0 Å². The van der Waals surface area contributed by atoms with Gasteiger partial charge in [-0.2, -0.15) is 0 Å². The fourth-order valence-corrected chi connectivity index (χ4v) is 1.35. The first-order valence-corrected chi connectivity index (χ1v) is 4.99. The molecule has 0 saturated heterocycles. The average Bonchev–Trinajstić information content (AvgIpc) is 2.64. The number of carbonyl (C=O) groups excluding carboxylic acids is 1. The molecule has 0 aliphatic heterocycles. The van der Waals surface area contributed by atoms with Gasteiger partial charge >= 0.3 is 0 Å². The molecule has 15 heavy (non-hydrogen) atoms. The van der Waals surface area contributed by atoms with E-state index in [0.29, 0.717) is 18.8 Å². The van der Waals surface area contributed by atoms with Crippen molar-refractivity contribution in [1.82, 2.24) is 4.90 Å². The summed E-state index contributed by atoms with van der Waals surface area (Å²) in [5.74, 6) is 0.116. The van der Waals surface area contributed by atoms with E-state index in [1.165, 1.54) is 6.26 Å². The van der Waals surface area contributed by atoms with Crippen molar-refractivity contribution in [2.75, 3.05) is 13.1 Å². The van der Waals surface area contributed by atoms with Crippen LogP contribution in [0.3, 0.4) is 0 Å². The summed E-state index contributed by atoms with van der Waals surface area (Å²) in [6, 6.07) is 3.29. The van der Waals surface area contributed by atoms with E-state index in [2.05, 4.69) is 0 Å². The van der Waals surface area contributed by atoms with Crippen LogP contribution in [0.5, 0.6) is 0 Å². The van der Waals surface area contributed by atoms with Gasteiger partial charge in [0.05, 0.1) is 11.9 Å². The highest BCUT2D eigenvalue weighted by molar-refractivity contribution is 5.91. The van der Waals surface area contributed by atoms with Crippen LogP contribution in [0.1, 0.15) is 31.3 Å². The molecule has 0 spiro atoms. The first kappa shape index (κ1) is 11.8. The van der Waals surface area contributed by atoms with Gasteiger partial charge in [0.1, 0.15) is 0 Å². The van der Waals surface area contributed by atoms with Crippen LogP contribution in [0.25, 0.3) is 0 Å². The Hall–Kier alpha value is -1.29. The van der Waals surface area contributed by atoms with Crippen molar-refractivity contribution in [1.29, 1.82) is 0 Å². The monoisotopic (exact) mass is 211 g/mol. The number of furan rings is 1. The lowest BCUT2D eigenvalue weighted by atomic mass is 10.1. The predicted octanol–water partition coefficient (Wildman–Crippen LogP) is 1.51. The predicted molar refractivity (Wildman–Crippen MR) is 56.6 cm³/mol. The van der Waals surface area contributed by atoms with Crippen LogP contribution in [0.15, 0.2) is 22.8 Å². The minimum absolute atomic E-state index is 0.190. The number of nitrogens with zero attached hydrogens (tertiary/aromatic N) is 1. The Labute approximate surface area is 89.5 Å². The van der Waals surface area contributed by atoms with Crippen molar-refractivity contribution >= 4 is 5.91 Å². The molecule has 4 heteroatoms. The van der Waals surface area contributed by atoms with Gasteiger partial charge in [-0.25, -0.2) is 0 Å². The molecule has 1 amide bonds. The summed E-state index contributed by atoms with van der Waals surface area (Å²) in [5.41, 5.74) is -0.891. The topological polar surface area (TPSA) is 53.7 Å². The van der Waals surface area contributed by atoms with Crippen LogP contribution in [-0.2, 0) is 0 Å². The van der Waals surface area contributed by atoms with Crippen LogP contribution in [0.2, 0.25) is 0 Å². The molecular weight excluding hydrogens is 194 g/mol. The highest BCUT2D eigenvalue weighted by Gasteiger charge is 2.23. The number of likely N-dealkylation sites (N-methyl/N-ethyl adjacent to an activating group) is 1. The Bertz CT molecular complexity index is 311.